The Morgan fingerprint density at radius 2 is 1.96 bits per heavy atom. The summed E-state index contributed by atoms with van der Waals surface area (Å²) in [6, 6.07) is 5.21. The van der Waals surface area contributed by atoms with Crippen molar-refractivity contribution in [3.8, 4) is 0 Å². The number of carbonyl (C=O) groups is 2. The van der Waals surface area contributed by atoms with Crippen LogP contribution in [0, 0.1) is 5.82 Å². The van der Waals surface area contributed by atoms with Gasteiger partial charge in [-0.1, -0.05) is 26.0 Å². The van der Waals surface area contributed by atoms with Crippen molar-refractivity contribution < 1.29 is 19.1 Å². The van der Waals surface area contributed by atoms with Crippen molar-refractivity contribution in [2.75, 3.05) is 6.54 Å². The molecule has 0 saturated heterocycles. The van der Waals surface area contributed by atoms with E-state index in [1.807, 2.05) is 13.8 Å². The highest BCUT2D eigenvalue weighted by molar-refractivity contribution is 7.13. The quantitative estimate of drug-likeness (QED) is 0.850. The molecule has 0 radical (unpaired) electrons. The molecule has 2 rings (SSSR count). The van der Waals surface area contributed by atoms with Crippen LogP contribution in [0.1, 0.15) is 45.9 Å². The lowest BCUT2D eigenvalue weighted by Gasteiger charge is -2.13. The summed E-state index contributed by atoms with van der Waals surface area (Å²) in [5, 5.41) is 12.8. The van der Waals surface area contributed by atoms with Crippen molar-refractivity contribution in [3.63, 3.8) is 0 Å². The lowest BCUT2D eigenvalue weighted by atomic mass is 9.99. The predicted molar refractivity (Wildman–Crippen MR) is 85.3 cm³/mol. The molecule has 2 N–H and O–H groups in total. The van der Waals surface area contributed by atoms with Crippen molar-refractivity contribution in [1.29, 1.82) is 0 Å². The van der Waals surface area contributed by atoms with Gasteiger partial charge >= 0.3 is 5.97 Å². The summed E-state index contributed by atoms with van der Waals surface area (Å²) >= 11 is 1.29. The van der Waals surface area contributed by atoms with Gasteiger partial charge in [0.05, 0.1) is 17.1 Å². The number of nitrogens with zero attached hydrogens (tertiary/aromatic N) is 1. The zero-order chi connectivity index (χ0) is 17.0. The molecule has 1 heterocycles. The molecule has 7 heteroatoms. The Balaban J connectivity index is 2.04. The van der Waals surface area contributed by atoms with Gasteiger partial charge in [-0.05, 0) is 17.7 Å². The van der Waals surface area contributed by atoms with Gasteiger partial charge in [-0.25, -0.2) is 9.37 Å². The first kappa shape index (κ1) is 17.1. The molecule has 1 aromatic heterocycles. The van der Waals surface area contributed by atoms with Crippen LogP contribution >= 0.6 is 11.3 Å². The molecule has 0 bridgehead atoms. The zero-order valence-corrected chi connectivity index (χ0v) is 13.6. The number of nitrogens with one attached hydrogen (secondary N) is 1. The standard InChI is InChI=1S/C16H17FN2O3S/c1-9(2)15-19-8-13(23-15)14(20)18-7-12(16(21)22)10-3-5-11(17)6-4-10/h3-6,8-9,12H,7H2,1-2H3,(H,18,20)(H,21,22). The van der Waals surface area contributed by atoms with E-state index in [1.54, 1.807) is 0 Å². The van der Waals surface area contributed by atoms with Crippen LogP contribution < -0.4 is 5.32 Å². The molecule has 0 fully saturated rings. The van der Waals surface area contributed by atoms with Gasteiger partial charge in [0.25, 0.3) is 5.91 Å². The first-order valence-electron chi connectivity index (χ1n) is 7.10. The van der Waals surface area contributed by atoms with Crippen LogP contribution in [0.4, 0.5) is 4.39 Å². The van der Waals surface area contributed by atoms with E-state index in [2.05, 4.69) is 10.3 Å². The van der Waals surface area contributed by atoms with Gasteiger partial charge in [0.1, 0.15) is 10.7 Å². The van der Waals surface area contributed by atoms with E-state index < -0.39 is 17.7 Å². The lowest BCUT2D eigenvalue weighted by Crippen LogP contribution is -2.31. The van der Waals surface area contributed by atoms with Crippen LogP contribution in [0.2, 0.25) is 0 Å². The van der Waals surface area contributed by atoms with Gasteiger partial charge in [-0.3, -0.25) is 9.59 Å². The molecule has 2 aromatic rings. The third-order valence-corrected chi connectivity index (χ3v) is 4.58. The number of carbonyl (C=O) groups excluding carboxylic acids is 1. The number of carboxylic acids is 1. The number of halogens is 1. The molecule has 122 valence electrons. The summed E-state index contributed by atoms with van der Waals surface area (Å²) in [4.78, 5) is 28.1. The zero-order valence-electron chi connectivity index (χ0n) is 12.7. The number of benzene rings is 1. The van der Waals surface area contributed by atoms with Gasteiger partial charge in [-0.15, -0.1) is 11.3 Å². The molecule has 0 aliphatic rings. The molecule has 0 spiro atoms. The number of amides is 1. The smallest absolute Gasteiger partial charge is 0.312 e. The minimum atomic E-state index is -1.08. The maximum Gasteiger partial charge on any atom is 0.312 e. The van der Waals surface area contributed by atoms with Crippen LogP contribution in [-0.2, 0) is 4.79 Å². The normalized spacial score (nSPS) is 12.2. The number of aliphatic carboxylic acids is 1. The summed E-state index contributed by atoms with van der Waals surface area (Å²) in [7, 11) is 0. The van der Waals surface area contributed by atoms with Gasteiger partial charge < -0.3 is 10.4 Å². The van der Waals surface area contributed by atoms with Crippen LogP contribution in [-0.4, -0.2) is 28.5 Å². The van der Waals surface area contributed by atoms with Crippen LogP contribution in [0.25, 0.3) is 0 Å². The monoisotopic (exact) mass is 336 g/mol. The van der Waals surface area contributed by atoms with Crippen molar-refractivity contribution in [2.24, 2.45) is 0 Å². The van der Waals surface area contributed by atoms with E-state index in [4.69, 9.17) is 0 Å². The van der Waals surface area contributed by atoms with Crippen molar-refractivity contribution >= 4 is 23.2 Å². The number of carboxylic acid groups (broad SMARTS) is 1. The van der Waals surface area contributed by atoms with E-state index in [1.165, 1.54) is 41.8 Å². The Morgan fingerprint density at radius 1 is 1.30 bits per heavy atom. The van der Waals surface area contributed by atoms with E-state index in [9.17, 15) is 19.1 Å². The van der Waals surface area contributed by atoms with Crippen LogP contribution in [0.5, 0.6) is 0 Å². The highest BCUT2D eigenvalue weighted by Gasteiger charge is 2.21. The topological polar surface area (TPSA) is 79.3 Å². The number of thiazole rings is 1. The molecular weight excluding hydrogens is 319 g/mol. The van der Waals surface area contributed by atoms with E-state index in [0.29, 0.717) is 10.4 Å². The minimum absolute atomic E-state index is 0.0747. The maximum absolute atomic E-state index is 12.9. The predicted octanol–water partition coefficient (Wildman–Crippen LogP) is 3.00. The maximum atomic E-state index is 12.9. The van der Waals surface area contributed by atoms with E-state index >= 15 is 0 Å². The second kappa shape index (κ2) is 7.32. The largest absolute Gasteiger partial charge is 0.481 e. The highest BCUT2D eigenvalue weighted by atomic mass is 32.1. The Bertz CT molecular complexity index is 698. The Labute approximate surface area is 137 Å². The third-order valence-electron chi connectivity index (χ3n) is 3.28. The molecular formula is C16H17FN2O3S. The molecule has 1 unspecified atom stereocenters. The molecule has 1 atom stereocenters. The van der Waals surface area contributed by atoms with E-state index in [-0.39, 0.29) is 18.4 Å². The van der Waals surface area contributed by atoms with Crippen LogP contribution in [0.3, 0.4) is 0 Å². The summed E-state index contributed by atoms with van der Waals surface area (Å²) in [5.74, 6) is -2.58. The number of hydrogen-bond donors (Lipinski definition) is 2. The number of rotatable bonds is 6. The SMILES string of the molecule is CC(C)c1ncc(C(=O)NCC(C(=O)O)c2ccc(F)cc2)s1. The Morgan fingerprint density at radius 3 is 2.48 bits per heavy atom. The van der Waals surface area contributed by atoms with Crippen LogP contribution in [0.15, 0.2) is 30.5 Å². The summed E-state index contributed by atoms with van der Waals surface area (Å²) < 4.78 is 12.9. The average Bonchev–Trinajstić information content (AvgIpc) is 2.99. The van der Waals surface area contributed by atoms with E-state index in [0.717, 1.165) is 5.01 Å². The Hall–Kier alpha value is -2.28. The highest BCUT2D eigenvalue weighted by Crippen LogP contribution is 2.21. The Kier molecular flexibility index (Phi) is 5.44. The molecule has 23 heavy (non-hydrogen) atoms. The second-order valence-electron chi connectivity index (χ2n) is 5.37. The second-order valence-corrected chi connectivity index (χ2v) is 6.43. The molecule has 5 nitrogen and oxygen atoms in total. The first-order chi connectivity index (χ1) is 10.9. The van der Waals surface area contributed by atoms with Gasteiger partial charge in [0, 0.05) is 12.5 Å². The average molecular weight is 336 g/mol. The molecule has 0 aliphatic carbocycles. The number of hydrogen-bond acceptors (Lipinski definition) is 4. The molecule has 0 aliphatic heterocycles. The van der Waals surface area contributed by atoms with Gasteiger partial charge in [0.15, 0.2) is 0 Å². The van der Waals surface area contributed by atoms with Crippen molar-refractivity contribution in [3.05, 3.63) is 51.7 Å². The lowest BCUT2D eigenvalue weighted by molar-refractivity contribution is -0.138. The van der Waals surface area contributed by atoms with Crippen molar-refractivity contribution in [2.45, 2.75) is 25.7 Å². The first-order valence-corrected chi connectivity index (χ1v) is 7.92. The fraction of sp³-hybridized carbons (Fsp3) is 0.312. The summed E-state index contributed by atoms with van der Waals surface area (Å²) in [6.45, 7) is 3.89. The fourth-order valence-electron chi connectivity index (χ4n) is 1.98. The minimum Gasteiger partial charge on any atom is -0.481 e. The molecule has 0 saturated carbocycles. The fourth-order valence-corrected chi connectivity index (χ4v) is 2.82. The summed E-state index contributed by atoms with van der Waals surface area (Å²) in [6.07, 6.45) is 1.49. The summed E-state index contributed by atoms with van der Waals surface area (Å²) in [5.41, 5.74) is 0.436. The third kappa shape index (κ3) is 4.35. The number of aromatic nitrogens is 1. The van der Waals surface area contributed by atoms with Gasteiger partial charge in [-0.2, -0.15) is 0 Å². The van der Waals surface area contributed by atoms with Crippen molar-refractivity contribution in [1.82, 2.24) is 10.3 Å². The van der Waals surface area contributed by atoms with Gasteiger partial charge in [0.2, 0.25) is 0 Å². The molecule has 1 amide bonds. The molecule has 1 aromatic carbocycles.